The van der Waals surface area contributed by atoms with Crippen molar-refractivity contribution in [1.82, 2.24) is 15.1 Å². The van der Waals surface area contributed by atoms with Crippen LogP contribution in [0.15, 0.2) is 10.9 Å². The molecule has 0 radical (unpaired) electrons. The fourth-order valence-electron chi connectivity index (χ4n) is 1.96. The van der Waals surface area contributed by atoms with E-state index in [1.54, 1.807) is 10.7 Å². The third-order valence-corrected chi connectivity index (χ3v) is 3.09. The first-order valence-corrected chi connectivity index (χ1v) is 6.26. The van der Waals surface area contributed by atoms with Gasteiger partial charge in [-0.2, -0.15) is 5.10 Å². The average molecular weight is 235 g/mol. The summed E-state index contributed by atoms with van der Waals surface area (Å²) >= 11 is 0. The Morgan fingerprint density at radius 2 is 2.24 bits per heavy atom. The van der Waals surface area contributed by atoms with Gasteiger partial charge in [-0.15, -0.1) is 0 Å². The molecule has 0 aliphatic carbocycles. The molecule has 0 atom stereocenters. The first-order valence-electron chi connectivity index (χ1n) is 6.26. The minimum atomic E-state index is 0.0247. The molecule has 0 aromatic carbocycles. The van der Waals surface area contributed by atoms with Crippen molar-refractivity contribution < 1.29 is 0 Å². The van der Waals surface area contributed by atoms with Crippen molar-refractivity contribution in [2.75, 3.05) is 6.54 Å². The van der Waals surface area contributed by atoms with Gasteiger partial charge in [0.25, 0.3) is 5.56 Å². The highest BCUT2D eigenvalue weighted by Crippen LogP contribution is 2.18. The number of rotatable bonds is 2. The zero-order valence-corrected chi connectivity index (χ0v) is 10.9. The van der Waals surface area contributed by atoms with E-state index in [1.807, 2.05) is 0 Å². The summed E-state index contributed by atoms with van der Waals surface area (Å²) in [4.78, 5) is 11.9. The molecule has 2 heterocycles. The first kappa shape index (κ1) is 12.3. The molecule has 0 amide bonds. The molecule has 1 N–H and O–H groups in total. The number of nitrogens with one attached hydrogen (secondary N) is 1. The molecule has 2 rings (SSSR count). The zero-order chi connectivity index (χ0) is 12.5. The van der Waals surface area contributed by atoms with Crippen LogP contribution >= 0.6 is 0 Å². The van der Waals surface area contributed by atoms with Crippen molar-refractivity contribution in [2.24, 2.45) is 5.41 Å². The lowest BCUT2D eigenvalue weighted by Crippen LogP contribution is -2.32. The molecule has 1 aromatic rings. The van der Waals surface area contributed by atoms with Crippen LogP contribution < -0.4 is 10.9 Å². The topological polar surface area (TPSA) is 46.9 Å². The number of aryl methyl sites for hydroxylation is 1. The van der Waals surface area contributed by atoms with Crippen LogP contribution in [0, 0.1) is 5.41 Å². The molecule has 0 fully saturated rings. The van der Waals surface area contributed by atoms with E-state index in [0.29, 0.717) is 6.54 Å². The van der Waals surface area contributed by atoms with E-state index in [-0.39, 0.29) is 11.0 Å². The highest BCUT2D eigenvalue weighted by atomic mass is 16.1. The second kappa shape index (κ2) is 4.61. The molecule has 4 nitrogen and oxygen atoms in total. The Morgan fingerprint density at radius 1 is 1.47 bits per heavy atom. The van der Waals surface area contributed by atoms with Crippen LogP contribution in [0.4, 0.5) is 0 Å². The summed E-state index contributed by atoms with van der Waals surface area (Å²) in [6, 6.07) is 1.73. The summed E-state index contributed by atoms with van der Waals surface area (Å²) in [5.74, 6) is 0. The van der Waals surface area contributed by atoms with Crippen LogP contribution in [0.2, 0.25) is 0 Å². The maximum atomic E-state index is 11.9. The summed E-state index contributed by atoms with van der Waals surface area (Å²) in [7, 11) is 0. The third-order valence-electron chi connectivity index (χ3n) is 3.09. The minimum Gasteiger partial charge on any atom is -0.312 e. The summed E-state index contributed by atoms with van der Waals surface area (Å²) < 4.78 is 1.62. The Kier molecular flexibility index (Phi) is 3.33. The van der Waals surface area contributed by atoms with Gasteiger partial charge < -0.3 is 5.32 Å². The second-order valence-electron chi connectivity index (χ2n) is 5.92. The largest absolute Gasteiger partial charge is 0.312 e. The van der Waals surface area contributed by atoms with Gasteiger partial charge in [-0.3, -0.25) is 4.79 Å². The van der Waals surface area contributed by atoms with Crippen LogP contribution in [0.1, 0.15) is 38.4 Å². The molecule has 94 valence electrons. The van der Waals surface area contributed by atoms with Crippen LogP contribution in [-0.2, 0) is 19.5 Å². The average Bonchev–Trinajstić information content (AvgIpc) is 2.25. The smallest absolute Gasteiger partial charge is 0.267 e. The Hall–Kier alpha value is -1.16. The number of hydrogen-bond donors (Lipinski definition) is 1. The number of fused-ring (bicyclic) bond motifs is 1. The van der Waals surface area contributed by atoms with Crippen molar-refractivity contribution in [3.63, 3.8) is 0 Å². The van der Waals surface area contributed by atoms with Gasteiger partial charge in [0.15, 0.2) is 0 Å². The molecule has 0 saturated heterocycles. The first-order chi connectivity index (χ1) is 7.96. The predicted octanol–water partition coefficient (Wildman–Crippen LogP) is 1.33. The van der Waals surface area contributed by atoms with E-state index in [1.165, 1.54) is 0 Å². The van der Waals surface area contributed by atoms with Gasteiger partial charge in [0.1, 0.15) is 0 Å². The van der Waals surface area contributed by atoms with Gasteiger partial charge in [0, 0.05) is 32.1 Å². The highest BCUT2D eigenvalue weighted by Gasteiger charge is 2.15. The summed E-state index contributed by atoms with van der Waals surface area (Å²) in [5, 5.41) is 7.74. The van der Waals surface area contributed by atoms with Crippen molar-refractivity contribution in [3.8, 4) is 0 Å². The lowest BCUT2D eigenvalue weighted by atomic mass is 9.92. The summed E-state index contributed by atoms with van der Waals surface area (Å²) in [6.07, 6.45) is 1.89. The van der Waals surface area contributed by atoms with Gasteiger partial charge in [-0.25, -0.2) is 4.68 Å². The fourth-order valence-corrected chi connectivity index (χ4v) is 1.96. The van der Waals surface area contributed by atoms with Crippen LogP contribution in [0.5, 0.6) is 0 Å². The predicted molar refractivity (Wildman–Crippen MR) is 68.0 cm³/mol. The molecule has 0 saturated carbocycles. The van der Waals surface area contributed by atoms with E-state index in [2.05, 4.69) is 31.2 Å². The molecule has 1 aromatic heterocycles. The normalized spacial score (nSPS) is 15.7. The monoisotopic (exact) mass is 235 g/mol. The van der Waals surface area contributed by atoms with Crippen LogP contribution in [-0.4, -0.2) is 16.3 Å². The van der Waals surface area contributed by atoms with Crippen molar-refractivity contribution >= 4 is 0 Å². The van der Waals surface area contributed by atoms with Crippen molar-refractivity contribution in [3.05, 3.63) is 27.7 Å². The maximum Gasteiger partial charge on any atom is 0.267 e. The van der Waals surface area contributed by atoms with E-state index < -0.39 is 0 Å². The number of aromatic nitrogens is 2. The molecular formula is C13H21N3O. The molecule has 0 spiro atoms. The molecule has 0 bridgehead atoms. The Labute approximate surface area is 102 Å². The summed E-state index contributed by atoms with van der Waals surface area (Å²) in [6.45, 7) is 8.99. The molecule has 4 heteroatoms. The lowest BCUT2D eigenvalue weighted by molar-refractivity contribution is 0.334. The van der Waals surface area contributed by atoms with Crippen LogP contribution in [0.25, 0.3) is 0 Å². The standard InChI is InChI=1S/C13H21N3O/c1-13(2,3)5-7-16-12(17)8-10-9-14-6-4-11(10)15-16/h8,14H,4-7,9H2,1-3H3. The minimum absolute atomic E-state index is 0.0247. The lowest BCUT2D eigenvalue weighted by Gasteiger charge is -2.20. The van der Waals surface area contributed by atoms with Gasteiger partial charge in [0.2, 0.25) is 0 Å². The zero-order valence-electron chi connectivity index (χ0n) is 10.9. The Morgan fingerprint density at radius 3 is 2.94 bits per heavy atom. The number of nitrogens with zero attached hydrogens (tertiary/aromatic N) is 2. The number of hydrogen-bond acceptors (Lipinski definition) is 3. The second-order valence-corrected chi connectivity index (χ2v) is 5.92. The van der Waals surface area contributed by atoms with Crippen molar-refractivity contribution in [2.45, 2.75) is 46.7 Å². The Bertz CT molecular complexity index is 457. The van der Waals surface area contributed by atoms with Gasteiger partial charge >= 0.3 is 0 Å². The maximum absolute atomic E-state index is 11.9. The van der Waals surface area contributed by atoms with E-state index >= 15 is 0 Å². The SMILES string of the molecule is CC(C)(C)CCn1nc2c(cc1=O)CNCC2. The summed E-state index contributed by atoms with van der Waals surface area (Å²) in [5.41, 5.74) is 2.40. The van der Waals surface area contributed by atoms with Gasteiger partial charge in [0.05, 0.1) is 5.69 Å². The third kappa shape index (κ3) is 3.16. The van der Waals surface area contributed by atoms with E-state index in [0.717, 1.165) is 37.2 Å². The van der Waals surface area contributed by atoms with Crippen molar-refractivity contribution in [1.29, 1.82) is 0 Å². The molecule has 1 aliphatic heterocycles. The van der Waals surface area contributed by atoms with E-state index in [9.17, 15) is 4.79 Å². The highest BCUT2D eigenvalue weighted by molar-refractivity contribution is 5.20. The van der Waals surface area contributed by atoms with Crippen LogP contribution in [0.3, 0.4) is 0 Å². The molecule has 17 heavy (non-hydrogen) atoms. The quantitative estimate of drug-likeness (QED) is 0.841. The molecule has 0 unspecified atom stereocenters. The molecule has 1 aliphatic rings. The fraction of sp³-hybridized carbons (Fsp3) is 0.692. The molecular weight excluding hydrogens is 214 g/mol. The van der Waals surface area contributed by atoms with Gasteiger partial charge in [-0.1, -0.05) is 20.8 Å². The van der Waals surface area contributed by atoms with E-state index in [4.69, 9.17) is 0 Å². The van der Waals surface area contributed by atoms with Gasteiger partial charge in [-0.05, 0) is 17.4 Å². The Balaban J connectivity index is 2.20.